The number of halogens is 1. The van der Waals surface area contributed by atoms with Crippen LogP contribution in [0.15, 0.2) is 20.1 Å². The first-order chi connectivity index (χ1) is 15.2. The molecule has 2 aromatic heterocycles. The summed E-state index contributed by atoms with van der Waals surface area (Å²) in [5.41, 5.74) is 10.3. The van der Waals surface area contributed by atoms with Crippen LogP contribution in [0.1, 0.15) is 18.5 Å². The van der Waals surface area contributed by atoms with Crippen LogP contribution in [0, 0.1) is 0 Å². The predicted molar refractivity (Wildman–Crippen MR) is 116 cm³/mol. The summed E-state index contributed by atoms with van der Waals surface area (Å²) in [6.45, 7) is 0. The molecule has 0 radical (unpaired) electrons. The number of amides is 2. The van der Waals surface area contributed by atoms with Crippen molar-refractivity contribution < 1.29 is 24.7 Å². The molecule has 32 heavy (non-hydrogen) atoms. The Morgan fingerprint density at radius 3 is 2.59 bits per heavy atom. The highest BCUT2D eigenvalue weighted by Gasteiger charge is 2.54. The molecule has 0 saturated carbocycles. The molecule has 0 bridgehead atoms. The lowest BCUT2D eigenvalue weighted by Crippen LogP contribution is -2.72. The van der Waals surface area contributed by atoms with Gasteiger partial charge < -0.3 is 27.1 Å². The van der Waals surface area contributed by atoms with Crippen molar-refractivity contribution in [2.24, 2.45) is 5.16 Å². The number of aromatic nitrogens is 3. The molecule has 17 heteroatoms. The third-order valence-electron chi connectivity index (χ3n) is 4.66. The molecule has 168 valence electrons. The van der Waals surface area contributed by atoms with Gasteiger partial charge in [-0.3, -0.25) is 14.5 Å². The van der Waals surface area contributed by atoms with Crippen LogP contribution >= 0.6 is 46.0 Å². The van der Waals surface area contributed by atoms with Gasteiger partial charge in [0.25, 0.3) is 11.8 Å². The van der Waals surface area contributed by atoms with E-state index >= 15 is 0 Å². The molecule has 2 aliphatic heterocycles. The first-order valence-electron chi connectivity index (χ1n) is 8.72. The smallest absolute Gasteiger partial charge is 0.353 e. The first kappa shape index (κ1) is 22.3. The van der Waals surface area contributed by atoms with Crippen molar-refractivity contribution in [2.75, 3.05) is 11.5 Å². The average Bonchev–Trinajstić information content (AvgIpc) is 3.30. The maximum absolute atomic E-state index is 12.8. The quantitative estimate of drug-likeness (QED) is 0.155. The van der Waals surface area contributed by atoms with Crippen LogP contribution in [0.3, 0.4) is 0 Å². The van der Waals surface area contributed by atoms with Crippen LogP contribution in [0.4, 0.5) is 10.3 Å². The van der Waals surface area contributed by atoms with E-state index in [1.807, 2.05) is 0 Å². The van der Waals surface area contributed by atoms with E-state index in [1.165, 1.54) is 0 Å². The molecular weight excluding hydrogens is 504 g/mol. The summed E-state index contributed by atoms with van der Waals surface area (Å²) >= 11 is 9.04. The van der Waals surface area contributed by atoms with Gasteiger partial charge in [0, 0.05) is 4.91 Å². The Morgan fingerprint density at radius 1 is 1.28 bits per heavy atom. The second kappa shape index (κ2) is 8.53. The molecule has 13 nitrogen and oxygen atoms in total. The molecule has 2 amide bonds. The fraction of sp³-hybridized carbons (Fsp3) is 0.267. The lowest BCUT2D eigenvalue weighted by molar-refractivity contribution is -0.155. The minimum absolute atomic E-state index is 0.0414. The molecule has 4 rings (SSSR count). The summed E-state index contributed by atoms with van der Waals surface area (Å²) in [6, 6.07) is -1.59. The van der Waals surface area contributed by atoms with Crippen LogP contribution < -0.4 is 16.8 Å². The van der Waals surface area contributed by atoms with E-state index in [0.29, 0.717) is 22.1 Å². The first-order valence-corrected chi connectivity index (χ1v) is 11.6. The number of fused-ring (bicyclic) bond motifs is 1. The van der Waals surface area contributed by atoms with Crippen LogP contribution in [0.2, 0.25) is 4.34 Å². The van der Waals surface area contributed by atoms with Gasteiger partial charge in [0.05, 0.1) is 6.04 Å². The van der Waals surface area contributed by atoms with Gasteiger partial charge in [-0.15, -0.1) is 10.2 Å². The number of nitrogen functional groups attached to an aromatic ring is 2. The number of thiazole rings is 1. The fourth-order valence-electron chi connectivity index (χ4n) is 3.37. The molecule has 0 unspecified atom stereocenters. The number of carboxylic acids is 1. The third-order valence-corrected chi connectivity index (χ3v) is 7.69. The van der Waals surface area contributed by atoms with Crippen molar-refractivity contribution >= 4 is 79.8 Å². The molecule has 0 aliphatic carbocycles. The number of anilines is 2. The van der Waals surface area contributed by atoms with Gasteiger partial charge in [0.2, 0.25) is 5.13 Å². The summed E-state index contributed by atoms with van der Waals surface area (Å²) in [6.07, 6.45) is 0.724. The number of oxime groups is 1. The Labute approximate surface area is 196 Å². The molecule has 1 fully saturated rings. The SMILES string of the molecule is Nc1nnc(SC2=C(C(=O)O)N3C(=O)[C@@H](NC(=O)/C(=N/O)c4nc(N)sc4Cl)[C@H]3CC2)s1. The number of β-lactam (4-membered cyclic amide) rings is 1. The van der Waals surface area contributed by atoms with Crippen molar-refractivity contribution in [2.45, 2.75) is 29.3 Å². The van der Waals surface area contributed by atoms with Crippen LogP contribution in [0.5, 0.6) is 0 Å². The highest BCUT2D eigenvalue weighted by molar-refractivity contribution is 8.04. The van der Waals surface area contributed by atoms with Gasteiger partial charge in [-0.05, 0) is 12.8 Å². The predicted octanol–water partition coefficient (Wildman–Crippen LogP) is 0.569. The monoisotopic (exact) mass is 516 g/mol. The minimum atomic E-state index is -1.28. The van der Waals surface area contributed by atoms with Gasteiger partial charge in [-0.2, -0.15) is 0 Å². The number of nitrogens with two attached hydrogens (primary N) is 2. The van der Waals surface area contributed by atoms with Crippen LogP contribution in [-0.2, 0) is 14.4 Å². The number of carbonyl (C=O) groups excluding carboxylic acids is 2. The lowest BCUT2D eigenvalue weighted by Gasteiger charge is -2.49. The summed E-state index contributed by atoms with van der Waals surface area (Å²) in [7, 11) is 0. The number of hydrogen-bond donors (Lipinski definition) is 5. The van der Waals surface area contributed by atoms with E-state index in [-0.39, 0.29) is 26.0 Å². The molecule has 0 aromatic carbocycles. The van der Waals surface area contributed by atoms with E-state index < -0.39 is 35.6 Å². The van der Waals surface area contributed by atoms with Crippen LogP contribution in [-0.4, -0.2) is 66.0 Å². The normalized spacial score (nSPS) is 20.7. The zero-order valence-electron chi connectivity index (χ0n) is 15.7. The number of carbonyl (C=O) groups is 3. The van der Waals surface area contributed by atoms with Gasteiger partial charge >= 0.3 is 5.97 Å². The molecule has 2 aromatic rings. The summed E-state index contributed by atoms with van der Waals surface area (Å²) < 4.78 is 0.496. The minimum Gasteiger partial charge on any atom is -0.477 e. The van der Waals surface area contributed by atoms with Crippen molar-refractivity contribution in [3.05, 3.63) is 20.6 Å². The number of nitrogens with zero attached hydrogens (tertiary/aromatic N) is 5. The molecule has 2 aliphatic rings. The second-order valence-electron chi connectivity index (χ2n) is 6.47. The number of thioether (sulfide) groups is 1. The van der Waals surface area contributed by atoms with E-state index in [4.69, 9.17) is 23.1 Å². The summed E-state index contributed by atoms with van der Waals surface area (Å²) in [4.78, 5) is 42.7. The van der Waals surface area contributed by atoms with Gasteiger partial charge in [0.15, 0.2) is 15.2 Å². The second-order valence-corrected chi connectivity index (χ2v) is 10.5. The molecule has 0 spiro atoms. The number of nitrogens with one attached hydrogen (secondary N) is 1. The number of carboxylic acid groups (broad SMARTS) is 1. The Kier molecular flexibility index (Phi) is 5.93. The number of rotatable bonds is 6. The Morgan fingerprint density at radius 2 is 2.03 bits per heavy atom. The number of allylic oxidation sites excluding steroid dienone is 1. The third kappa shape index (κ3) is 3.85. The van der Waals surface area contributed by atoms with E-state index in [9.17, 15) is 24.7 Å². The highest BCUT2D eigenvalue weighted by Crippen LogP contribution is 2.43. The van der Waals surface area contributed by atoms with Gasteiger partial charge in [0.1, 0.15) is 21.8 Å². The molecule has 4 heterocycles. The topological polar surface area (TPSA) is 210 Å². The lowest BCUT2D eigenvalue weighted by atomic mass is 9.86. The maximum Gasteiger partial charge on any atom is 0.353 e. The zero-order valence-corrected chi connectivity index (χ0v) is 18.9. The molecule has 2 atom stereocenters. The number of hydrogen-bond acceptors (Lipinski definition) is 13. The number of aliphatic carboxylic acids is 1. The highest BCUT2D eigenvalue weighted by atomic mass is 35.5. The van der Waals surface area contributed by atoms with Crippen LogP contribution in [0.25, 0.3) is 0 Å². The van der Waals surface area contributed by atoms with E-state index in [1.54, 1.807) is 0 Å². The van der Waals surface area contributed by atoms with Gasteiger partial charge in [-0.1, -0.05) is 51.2 Å². The standard InChI is InChI=1S/C15H13ClN8O5S3/c16-9-6(20-13(17)31-9)7(23-29)10(25)19-5-3-1-2-4(30-15-22-21-14(18)32-15)8(12(27)28)24(3)11(5)26/h3,5,29H,1-2H2,(H2,17,20)(H2,18,21)(H,19,25)(H,27,28)/b23-7+/t3-,5+/m1/s1. The summed E-state index contributed by atoms with van der Waals surface area (Å²) in [5, 5.41) is 32.2. The average molecular weight is 517 g/mol. The Bertz CT molecular complexity index is 1190. The Hall–Kier alpha value is -2.95. The van der Waals surface area contributed by atoms with Gasteiger partial charge in [-0.25, -0.2) is 9.78 Å². The van der Waals surface area contributed by atoms with Crippen molar-refractivity contribution in [1.82, 2.24) is 25.4 Å². The Balaban J connectivity index is 1.53. The zero-order chi connectivity index (χ0) is 23.2. The molecule has 7 N–H and O–H groups in total. The van der Waals surface area contributed by atoms with Crippen molar-refractivity contribution in [3.63, 3.8) is 0 Å². The van der Waals surface area contributed by atoms with Crippen molar-refractivity contribution in [3.8, 4) is 0 Å². The van der Waals surface area contributed by atoms with Crippen molar-refractivity contribution in [1.29, 1.82) is 0 Å². The molecular formula is C15H13ClN8O5S3. The fourth-order valence-corrected chi connectivity index (χ4v) is 6.16. The van der Waals surface area contributed by atoms with E-state index in [0.717, 1.165) is 39.3 Å². The van der Waals surface area contributed by atoms with E-state index in [2.05, 4.69) is 25.7 Å². The largest absolute Gasteiger partial charge is 0.477 e. The molecule has 1 saturated heterocycles. The maximum atomic E-state index is 12.8. The summed E-state index contributed by atoms with van der Waals surface area (Å²) in [5.74, 6) is -2.80.